The smallest absolute Gasteiger partial charge is 0.341 e. The molecule has 3 aromatic rings. The van der Waals surface area contributed by atoms with Gasteiger partial charge in [-0.15, -0.1) is 0 Å². The lowest BCUT2D eigenvalue weighted by molar-refractivity contribution is -0.139. The molecule has 0 aliphatic rings. The van der Waals surface area contributed by atoms with Gasteiger partial charge in [-0.3, -0.25) is 4.79 Å². The van der Waals surface area contributed by atoms with Gasteiger partial charge in [-0.25, -0.2) is 4.79 Å². The molecule has 176 valence electrons. The Balaban J connectivity index is 1.59. The number of nitrogens with one attached hydrogen (secondary N) is 1. The van der Waals surface area contributed by atoms with E-state index in [0.717, 1.165) is 12.0 Å². The average Bonchev–Trinajstić information content (AvgIpc) is 2.82. The molecule has 2 N–H and O–H groups in total. The van der Waals surface area contributed by atoms with E-state index in [-0.39, 0.29) is 12.3 Å². The molecule has 6 heteroatoms. The third-order valence-corrected chi connectivity index (χ3v) is 5.10. The molecule has 0 atom stereocenters. The van der Waals surface area contributed by atoms with Crippen molar-refractivity contribution in [3.05, 3.63) is 101 Å². The van der Waals surface area contributed by atoms with Crippen molar-refractivity contribution in [1.82, 2.24) is 5.32 Å². The Hall–Kier alpha value is -4.06. The first-order chi connectivity index (χ1) is 16.5. The number of carbonyl (C=O) groups is 2. The molecule has 1 amide bonds. The molecular weight excluding hydrogens is 430 g/mol. The SMILES string of the molecule is Cc1ccccc1CCNC(=O)Cc1cc(OC/C=C/c2ccccc2)cc(OCC(=O)O)c1. The zero-order valence-corrected chi connectivity index (χ0v) is 19.2. The second kappa shape index (κ2) is 12.8. The van der Waals surface area contributed by atoms with Crippen LogP contribution < -0.4 is 14.8 Å². The van der Waals surface area contributed by atoms with E-state index in [9.17, 15) is 9.59 Å². The van der Waals surface area contributed by atoms with Gasteiger partial charge in [-0.2, -0.15) is 0 Å². The molecule has 0 aliphatic carbocycles. The maximum atomic E-state index is 12.5. The lowest BCUT2D eigenvalue weighted by Gasteiger charge is -2.12. The van der Waals surface area contributed by atoms with Crippen molar-refractivity contribution < 1.29 is 24.2 Å². The molecule has 3 rings (SSSR count). The fraction of sp³-hybridized carbons (Fsp3) is 0.214. The first kappa shape index (κ1) is 24.6. The summed E-state index contributed by atoms with van der Waals surface area (Å²) in [6.45, 7) is 2.43. The molecular formula is C28H29NO5. The standard InChI is InChI=1S/C28H29NO5/c1-21-8-5-6-12-24(21)13-14-29-27(30)18-23-16-25(19-26(17-23)34-20-28(31)32)33-15-7-11-22-9-3-2-4-10-22/h2-12,16-17,19H,13-15,18,20H2,1H3,(H,29,30)(H,31,32)/b11-7+. The highest BCUT2D eigenvalue weighted by Crippen LogP contribution is 2.24. The Morgan fingerprint density at radius 2 is 1.65 bits per heavy atom. The van der Waals surface area contributed by atoms with Gasteiger partial charge in [0.15, 0.2) is 6.61 Å². The molecule has 3 aromatic carbocycles. The predicted molar refractivity (Wildman–Crippen MR) is 132 cm³/mol. The Labute approximate surface area is 199 Å². The number of hydrogen-bond acceptors (Lipinski definition) is 4. The molecule has 0 bridgehead atoms. The predicted octanol–water partition coefficient (Wildman–Crippen LogP) is 4.45. The van der Waals surface area contributed by atoms with Gasteiger partial charge in [0.2, 0.25) is 5.91 Å². The van der Waals surface area contributed by atoms with Crippen molar-refractivity contribution in [3.8, 4) is 11.5 Å². The van der Waals surface area contributed by atoms with E-state index in [1.807, 2.05) is 54.6 Å². The van der Waals surface area contributed by atoms with Crippen LogP contribution in [-0.2, 0) is 22.4 Å². The van der Waals surface area contributed by atoms with Gasteiger partial charge in [0, 0.05) is 12.6 Å². The van der Waals surface area contributed by atoms with Gasteiger partial charge in [-0.05, 0) is 53.8 Å². The second-order valence-electron chi connectivity index (χ2n) is 7.82. The molecule has 0 aliphatic heterocycles. The van der Waals surface area contributed by atoms with Crippen LogP contribution in [0.25, 0.3) is 6.08 Å². The summed E-state index contributed by atoms with van der Waals surface area (Å²) in [6, 6.07) is 23.0. The fourth-order valence-electron chi connectivity index (χ4n) is 3.41. The number of hydrogen-bond donors (Lipinski definition) is 2. The second-order valence-corrected chi connectivity index (χ2v) is 7.82. The number of carboxylic acid groups (broad SMARTS) is 1. The minimum absolute atomic E-state index is 0.126. The molecule has 0 saturated carbocycles. The summed E-state index contributed by atoms with van der Waals surface area (Å²) in [7, 11) is 0. The van der Waals surface area contributed by atoms with Crippen molar-refractivity contribution in [2.75, 3.05) is 19.8 Å². The molecule has 34 heavy (non-hydrogen) atoms. The summed E-state index contributed by atoms with van der Waals surface area (Å²) in [4.78, 5) is 23.4. The van der Waals surface area contributed by atoms with Gasteiger partial charge in [0.25, 0.3) is 0 Å². The van der Waals surface area contributed by atoms with Crippen LogP contribution in [0.15, 0.2) is 78.9 Å². The van der Waals surface area contributed by atoms with Crippen LogP contribution in [0.3, 0.4) is 0 Å². The lowest BCUT2D eigenvalue weighted by atomic mass is 10.1. The summed E-state index contributed by atoms with van der Waals surface area (Å²) < 4.78 is 11.1. The summed E-state index contributed by atoms with van der Waals surface area (Å²) in [5, 5.41) is 11.9. The van der Waals surface area contributed by atoms with E-state index < -0.39 is 12.6 Å². The van der Waals surface area contributed by atoms with Gasteiger partial charge in [-0.1, -0.05) is 60.7 Å². The van der Waals surface area contributed by atoms with Gasteiger partial charge < -0.3 is 19.9 Å². The number of aliphatic carboxylic acids is 1. The van der Waals surface area contributed by atoms with Gasteiger partial charge in [0.05, 0.1) is 6.42 Å². The molecule has 0 spiro atoms. The molecule has 0 unspecified atom stereocenters. The third-order valence-electron chi connectivity index (χ3n) is 5.10. The normalized spacial score (nSPS) is 10.7. The number of rotatable bonds is 12. The molecule has 0 saturated heterocycles. The zero-order chi connectivity index (χ0) is 24.2. The Kier molecular flexibility index (Phi) is 9.29. The van der Waals surface area contributed by atoms with E-state index in [1.165, 1.54) is 11.1 Å². The van der Waals surface area contributed by atoms with E-state index in [1.54, 1.807) is 18.2 Å². The third kappa shape index (κ3) is 8.47. The van der Waals surface area contributed by atoms with Crippen LogP contribution in [0.5, 0.6) is 11.5 Å². The number of carbonyl (C=O) groups excluding carboxylic acids is 1. The Bertz CT molecular complexity index is 1120. The largest absolute Gasteiger partial charge is 0.489 e. The molecule has 0 heterocycles. The van der Waals surface area contributed by atoms with Crippen LogP contribution in [0.2, 0.25) is 0 Å². The Morgan fingerprint density at radius 1 is 0.941 bits per heavy atom. The highest BCUT2D eigenvalue weighted by atomic mass is 16.5. The topological polar surface area (TPSA) is 84.9 Å². The van der Waals surface area contributed by atoms with E-state index in [4.69, 9.17) is 14.6 Å². The molecule has 6 nitrogen and oxygen atoms in total. The molecule has 0 radical (unpaired) electrons. The van der Waals surface area contributed by atoms with E-state index >= 15 is 0 Å². The number of carboxylic acids is 1. The maximum Gasteiger partial charge on any atom is 0.341 e. The fourth-order valence-corrected chi connectivity index (χ4v) is 3.41. The molecule has 0 aromatic heterocycles. The zero-order valence-electron chi connectivity index (χ0n) is 19.2. The first-order valence-corrected chi connectivity index (χ1v) is 11.1. The van der Waals surface area contributed by atoms with Crippen molar-refractivity contribution in [2.45, 2.75) is 19.8 Å². The average molecular weight is 460 g/mol. The highest BCUT2D eigenvalue weighted by molar-refractivity contribution is 5.78. The quantitative estimate of drug-likeness (QED) is 0.418. The van der Waals surface area contributed by atoms with E-state index in [2.05, 4.69) is 24.4 Å². The van der Waals surface area contributed by atoms with Crippen LogP contribution in [-0.4, -0.2) is 36.7 Å². The van der Waals surface area contributed by atoms with Crippen molar-refractivity contribution >= 4 is 18.0 Å². The number of aryl methyl sites for hydroxylation is 1. The van der Waals surface area contributed by atoms with Crippen molar-refractivity contribution in [2.24, 2.45) is 0 Å². The van der Waals surface area contributed by atoms with Crippen LogP contribution in [0.1, 0.15) is 22.3 Å². The number of benzene rings is 3. The minimum Gasteiger partial charge on any atom is -0.489 e. The lowest BCUT2D eigenvalue weighted by Crippen LogP contribution is -2.27. The number of amides is 1. The van der Waals surface area contributed by atoms with Crippen molar-refractivity contribution in [3.63, 3.8) is 0 Å². The summed E-state index contributed by atoms with van der Waals surface area (Å²) in [5.41, 5.74) is 4.14. The highest BCUT2D eigenvalue weighted by Gasteiger charge is 2.09. The monoisotopic (exact) mass is 459 g/mol. The summed E-state index contributed by atoms with van der Waals surface area (Å²) in [6.07, 6.45) is 4.72. The minimum atomic E-state index is -1.08. The van der Waals surface area contributed by atoms with Gasteiger partial charge in [0.1, 0.15) is 18.1 Å². The summed E-state index contributed by atoms with van der Waals surface area (Å²) in [5.74, 6) is -0.357. The van der Waals surface area contributed by atoms with Crippen LogP contribution >= 0.6 is 0 Å². The Morgan fingerprint density at radius 3 is 2.38 bits per heavy atom. The number of ether oxygens (including phenoxy) is 2. The maximum absolute atomic E-state index is 12.5. The van der Waals surface area contributed by atoms with E-state index in [0.29, 0.717) is 30.2 Å². The molecule has 0 fully saturated rings. The summed E-state index contributed by atoms with van der Waals surface area (Å²) >= 11 is 0. The van der Waals surface area contributed by atoms with Gasteiger partial charge >= 0.3 is 5.97 Å². The van der Waals surface area contributed by atoms with Crippen molar-refractivity contribution in [1.29, 1.82) is 0 Å². The van der Waals surface area contributed by atoms with Crippen LogP contribution in [0, 0.1) is 6.92 Å². The van der Waals surface area contributed by atoms with Crippen LogP contribution in [0.4, 0.5) is 0 Å². The first-order valence-electron chi connectivity index (χ1n) is 11.1.